The lowest BCUT2D eigenvalue weighted by Gasteiger charge is -2.38. The van der Waals surface area contributed by atoms with Crippen LogP contribution in [0, 0.1) is 5.82 Å². The molecule has 1 aromatic carbocycles. The minimum Gasteiger partial charge on any atom is -0.297 e. The number of hydrogen-bond acceptors (Lipinski definition) is 3. The predicted molar refractivity (Wildman–Crippen MR) is 75.9 cm³/mol. The number of hydrogen-bond donors (Lipinski definition) is 1. The van der Waals surface area contributed by atoms with Crippen molar-refractivity contribution in [2.75, 3.05) is 33.2 Å². The number of piperazine rings is 1. The van der Waals surface area contributed by atoms with Crippen LogP contribution in [0.25, 0.3) is 0 Å². The van der Waals surface area contributed by atoms with Gasteiger partial charge in [0.15, 0.2) is 0 Å². The Kier molecular flexibility index (Phi) is 4.74. The molecule has 0 saturated carbocycles. The molecule has 112 valence electrons. The van der Waals surface area contributed by atoms with Crippen molar-refractivity contribution in [3.8, 4) is 0 Å². The molecular weight excluding hydrogens is 281 g/mol. The van der Waals surface area contributed by atoms with Crippen LogP contribution in [-0.4, -0.2) is 50.8 Å². The second kappa shape index (κ2) is 6.17. The summed E-state index contributed by atoms with van der Waals surface area (Å²) in [6, 6.07) is 6.17. The van der Waals surface area contributed by atoms with Crippen LogP contribution >= 0.6 is 0 Å². The number of rotatable bonds is 4. The third-order valence-corrected chi connectivity index (χ3v) is 5.20. The summed E-state index contributed by atoms with van der Waals surface area (Å²) in [5, 5.41) is 0. The molecule has 0 bridgehead atoms. The summed E-state index contributed by atoms with van der Waals surface area (Å²) in [5.74, 6) is -0.288. The molecule has 20 heavy (non-hydrogen) atoms. The molecule has 7 heteroatoms. The van der Waals surface area contributed by atoms with Gasteiger partial charge in [-0.1, -0.05) is 19.1 Å². The van der Waals surface area contributed by atoms with Gasteiger partial charge in [0.05, 0.1) is 0 Å². The summed E-state index contributed by atoms with van der Waals surface area (Å²) in [6.45, 7) is 3.61. The summed E-state index contributed by atoms with van der Waals surface area (Å²) in [6.07, 6.45) is 0. The molecule has 0 spiro atoms. The van der Waals surface area contributed by atoms with Crippen molar-refractivity contribution >= 4 is 10.2 Å². The molecule has 1 unspecified atom stereocenters. The molecule has 1 aliphatic rings. The molecule has 1 aliphatic heterocycles. The zero-order chi connectivity index (χ0) is 14.8. The van der Waals surface area contributed by atoms with Gasteiger partial charge in [-0.2, -0.15) is 12.7 Å². The van der Waals surface area contributed by atoms with Crippen LogP contribution < -0.4 is 4.72 Å². The molecule has 5 nitrogen and oxygen atoms in total. The van der Waals surface area contributed by atoms with E-state index in [1.165, 1.54) is 16.4 Å². The monoisotopic (exact) mass is 301 g/mol. The molecule has 0 aromatic heterocycles. The largest absolute Gasteiger partial charge is 0.297 e. The van der Waals surface area contributed by atoms with Crippen molar-refractivity contribution in [3.63, 3.8) is 0 Å². The van der Waals surface area contributed by atoms with Gasteiger partial charge in [0.2, 0.25) is 0 Å². The van der Waals surface area contributed by atoms with E-state index < -0.39 is 10.2 Å². The van der Waals surface area contributed by atoms with Crippen LogP contribution in [-0.2, 0) is 10.2 Å². The lowest BCUT2D eigenvalue weighted by molar-refractivity contribution is 0.147. The van der Waals surface area contributed by atoms with Gasteiger partial charge in [-0.3, -0.25) is 4.90 Å². The summed E-state index contributed by atoms with van der Waals surface area (Å²) in [5.41, 5.74) is 0.922. The predicted octanol–water partition coefficient (Wildman–Crippen LogP) is 0.968. The van der Waals surface area contributed by atoms with Crippen LogP contribution in [0.3, 0.4) is 0 Å². The van der Waals surface area contributed by atoms with Crippen molar-refractivity contribution < 1.29 is 12.8 Å². The second-order valence-corrected chi connectivity index (χ2v) is 6.66. The molecule has 1 atom stereocenters. The van der Waals surface area contributed by atoms with Crippen molar-refractivity contribution in [3.05, 3.63) is 35.6 Å². The van der Waals surface area contributed by atoms with E-state index in [4.69, 9.17) is 0 Å². The lowest BCUT2D eigenvalue weighted by atomic mass is 10.0. The highest BCUT2D eigenvalue weighted by Gasteiger charge is 2.31. The molecule has 2 rings (SSSR count). The summed E-state index contributed by atoms with van der Waals surface area (Å²) < 4.78 is 41.1. The minimum absolute atomic E-state index is 0.0576. The number of halogens is 1. The van der Waals surface area contributed by atoms with Gasteiger partial charge in [0.25, 0.3) is 10.2 Å². The van der Waals surface area contributed by atoms with E-state index in [1.54, 1.807) is 19.1 Å². The van der Waals surface area contributed by atoms with Gasteiger partial charge in [-0.05, 0) is 24.7 Å². The van der Waals surface area contributed by atoms with Crippen LogP contribution in [0.2, 0.25) is 0 Å². The Hall–Kier alpha value is -1.02. The van der Waals surface area contributed by atoms with E-state index >= 15 is 0 Å². The molecule has 1 saturated heterocycles. The van der Waals surface area contributed by atoms with E-state index in [2.05, 4.69) is 9.62 Å². The maximum absolute atomic E-state index is 13.0. The Balaban J connectivity index is 2.18. The normalized spacial score (nSPS) is 22.1. The number of nitrogens with one attached hydrogen (secondary N) is 1. The lowest BCUT2D eigenvalue weighted by Crippen LogP contribution is -2.52. The third-order valence-electron chi connectivity index (χ3n) is 3.53. The molecule has 1 aromatic rings. The first-order chi connectivity index (χ1) is 9.44. The molecule has 0 aliphatic carbocycles. The van der Waals surface area contributed by atoms with E-state index in [0.29, 0.717) is 26.2 Å². The average Bonchev–Trinajstić information content (AvgIpc) is 2.40. The second-order valence-electron chi connectivity index (χ2n) is 4.91. The van der Waals surface area contributed by atoms with Crippen molar-refractivity contribution in [1.82, 2.24) is 13.9 Å². The number of nitrogens with zero attached hydrogens (tertiary/aromatic N) is 2. The van der Waals surface area contributed by atoms with E-state index in [9.17, 15) is 12.8 Å². The van der Waals surface area contributed by atoms with Gasteiger partial charge in [-0.15, -0.1) is 0 Å². The highest BCUT2D eigenvalue weighted by atomic mass is 32.2. The first-order valence-electron chi connectivity index (χ1n) is 6.64. The SMILES string of the molecule is CCNS(=O)(=O)N1CCN(C)C(c2ccc(F)cc2)C1. The smallest absolute Gasteiger partial charge is 0.279 e. The molecule has 1 fully saturated rings. The maximum atomic E-state index is 13.0. The van der Waals surface area contributed by atoms with Gasteiger partial charge in [0, 0.05) is 32.2 Å². The van der Waals surface area contributed by atoms with Crippen molar-refractivity contribution in [2.45, 2.75) is 13.0 Å². The van der Waals surface area contributed by atoms with Crippen molar-refractivity contribution in [1.29, 1.82) is 0 Å². The van der Waals surface area contributed by atoms with E-state index in [1.807, 2.05) is 7.05 Å². The molecule has 1 heterocycles. The zero-order valence-corrected chi connectivity index (χ0v) is 12.5. The highest BCUT2D eigenvalue weighted by Crippen LogP contribution is 2.25. The average molecular weight is 301 g/mol. The summed E-state index contributed by atoms with van der Waals surface area (Å²) >= 11 is 0. The fourth-order valence-corrected chi connectivity index (χ4v) is 3.59. The Bertz CT molecular complexity index is 547. The molecule has 0 radical (unpaired) electrons. The molecule has 0 amide bonds. The maximum Gasteiger partial charge on any atom is 0.279 e. The Morgan fingerprint density at radius 1 is 1.30 bits per heavy atom. The zero-order valence-electron chi connectivity index (χ0n) is 11.7. The fraction of sp³-hybridized carbons (Fsp3) is 0.538. The summed E-state index contributed by atoms with van der Waals surface area (Å²) in [4.78, 5) is 2.09. The first kappa shape index (κ1) is 15.4. The van der Waals surface area contributed by atoms with E-state index in [0.717, 1.165) is 5.56 Å². The molecular formula is C13H20FN3O2S. The third kappa shape index (κ3) is 3.35. The summed E-state index contributed by atoms with van der Waals surface area (Å²) in [7, 11) is -1.47. The van der Waals surface area contributed by atoms with Crippen LogP contribution in [0.1, 0.15) is 18.5 Å². The molecule has 1 N–H and O–H groups in total. The Morgan fingerprint density at radius 3 is 2.55 bits per heavy atom. The topological polar surface area (TPSA) is 52.7 Å². The van der Waals surface area contributed by atoms with Gasteiger partial charge in [-0.25, -0.2) is 9.11 Å². The van der Waals surface area contributed by atoms with Gasteiger partial charge >= 0.3 is 0 Å². The van der Waals surface area contributed by atoms with Crippen LogP contribution in [0.15, 0.2) is 24.3 Å². The first-order valence-corrected chi connectivity index (χ1v) is 8.08. The Morgan fingerprint density at radius 2 is 1.95 bits per heavy atom. The van der Waals surface area contributed by atoms with Crippen LogP contribution in [0.4, 0.5) is 4.39 Å². The van der Waals surface area contributed by atoms with Crippen molar-refractivity contribution in [2.24, 2.45) is 0 Å². The van der Waals surface area contributed by atoms with Gasteiger partial charge in [0.1, 0.15) is 5.82 Å². The quantitative estimate of drug-likeness (QED) is 0.901. The van der Waals surface area contributed by atoms with E-state index in [-0.39, 0.29) is 11.9 Å². The highest BCUT2D eigenvalue weighted by molar-refractivity contribution is 7.87. The fourth-order valence-electron chi connectivity index (χ4n) is 2.39. The minimum atomic E-state index is -3.42. The Labute approximate surface area is 119 Å². The standard InChI is InChI=1S/C13H20FN3O2S/c1-3-15-20(18,19)17-9-8-16(2)13(10-17)11-4-6-12(14)7-5-11/h4-7,13,15H,3,8-10H2,1-2H3. The number of likely N-dealkylation sites (N-methyl/N-ethyl adjacent to an activating group) is 1. The van der Waals surface area contributed by atoms with Crippen LogP contribution in [0.5, 0.6) is 0 Å². The van der Waals surface area contributed by atoms with Gasteiger partial charge < -0.3 is 0 Å². The number of benzene rings is 1.